The van der Waals surface area contributed by atoms with Crippen molar-refractivity contribution in [3.05, 3.63) is 47.8 Å². The Morgan fingerprint density at radius 3 is 2.11 bits per heavy atom. The summed E-state index contributed by atoms with van der Waals surface area (Å²) in [4.78, 5) is 9.09. The fraction of sp³-hybridized carbons (Fsp3) is 0.250. The predicted molar refractivity (Wildman–Crippen MR) is 80.5 cm³/mol. The fourth-order valence-corrected chi connectivity index (χ4v) is 1.72. The molecule has 18 heavy (non-hydrogen) atoms. The third-order valence-electron chi connectivity index (χ3n) is 2.74. The predicted octanol–water partition coefficient (Wildman–Crippen LogP) is 4.56. The number of aromatic nitrogens is 2. The van der Waals surface area contributed by atoms with Crippen LogP contribution in [0.5, 0.6) is 0 Å². The minimum atomic E-state index is 0.899. The number of hydrogen-bond donors (Lipinski definition) is 0. The van der Waals surface area contributed by atoms with Crippen molar-refractivity contribution in [3.63, 3.8) is 0 Å². The Labute approximate surface area is 109 Å². The molecule has 2 rings (SSSR count). The summed E-state index contributed by atoms with van der Waals surface area (Å²) < 4.78 is 0. The topological polar surface area (TPSA) is 25.8 Å². The molecule has 2 heteroatoms. The molecule has 0 fully saturated rings. The molecule has 2 aromatic rings. The first-order valence-corrected chi connectivity index (χ1v) is 6.20. The minimum absolute atomic E-state index is 0.899. The number of nitrogens with zero attached hydrogens (tertiary/aromatic N) is 2. The van der Waals surface area contributed by atoms with E-state index in [-0.39, 0.29) is 0 Å². The van der Waals surface area contributed by atoms with Gasteiger partial charge in [0.05, 0.1) is 22.4 Å². The van der Waals surface area contributed by atoms with E-state index in [1.807, 2.05) is 52.0 Å². The lowest BCUT2D eigenvalue weighted by Gasteiger charge is -2.07. The van der Waals surface area contributed by atoms with Gasteiger partial charge < -0.3 is 0 Å². The highest BCUT2D eigenvalue weighted by Crippen LogP contribution is 2.22. The highest BCUT2D eigenvalue weighted by atomic mass is 14.8. The molecule has 0 N–H and O–H groups in total. The molecule has 0 bridgehead atoms. The highest BCUT2D eigenvalue weighted by molar-refractivity contribution is 5.88. The van der Waals surface area contributed by atoms with E-state index in [1.165, 1.54) is 0 Å². The number of fused-ring (bicyclic) bond motifs is 1. The Hall–Kier alpha value is -1.96. The summed E-state index contributed by atoms with van der Waals surface area (Å²) >= 11 is 0. The Morgan fingerprint density at radius 1 is 0.944 bits per heavy atom. The van der Waals surface area contributed by atoms with E-state index in [0.717, 1.165) is 33.5 Å². The van der Waals surface area contributed by atoms with Crippen LogP contribution in [0.4, 0.5) is 0 Å². The molecule has 0 aliphatic heterocycles. The molecular formula is C16H20N2. The van der Waals surface area contributed by atoms with E-state index < -0.39 is 0 Å². The molecule has 2 nitrogen and oxygen atoms in total. The van der Waals surface area contributed by atoms with Gasteiger partial charge in [-0.05, 0) is 25.5 Å². The molecule has 0 saturated carbocycles. The smallest absolute Gasteiger partial charge is 0.0968 e. The molecule has 0 spiro atoms. The van der Waals surface area contributed by atoms with Crippen LogP contribution in [0.25, 0.3) is 23.2 Å². The van der Waals surface area contributed by atoms with Crippen LogP contribution in [-0.4, -0.2) is 9.97 Å². The average molecular weight is 240 g/mol. The van der Waals surface area contributed by atoms with Crippen LogP contribution in [-0.2, 0) is 0 Å². The van der Waals surface area contributed by atoms with Crippen molar-refractivity contribution in [2.24, 2.45) is 0 Å². The van der Waals surface area contributed by atoms with Crippen LogP contribution in [0.15, 0.2) is 25.3 Å². The Morgan fingerprint density at radius 2 is 1.56 bits per heavy atom. The third-order valence-corrected chi connectivity index (χ3v) is 2.74. The standard InChI is InChI=1S/C14H14N2.C2H6/c1-5-11-7-8-13-14(12(11)6-2)16-10(4)9(3)15-13;1-2/h5-8H,1-2H2,3-4H3;1-2H3. The summed E-state index contributed by atoms with van der Waals surface area (Å²) in [6, 6.07) is 3.97. The van der Waals surface area contributed by atoms with Crippen LogP contribution < -0.4 is 0 Å². The molecule has 1 aromatic carbocycles. The second-order valence-electron chi connectivity index (χ2n) is 3.74. The summed E-state index contributed by atoms with van der Waals surface area (Å²) in [5.41, 5.74) is 5.77. The Kier molecular flexibility index (Phi) is 4.78. The zero-order chi connectivity index (χ0) is 13.7. The molecule has 1 aromatic heterocycles. The number of aryl methyl sites for hydroxylation is 2. The first kappa shape index (κ1) is 14.1. The summed E-state index contributed by atoms with van der Waals surface area (Å²) in [7, 11) is 0. The molecule has 0 radical (unpaired) electrons. The first-order valence-electron chi connectivity index (χ1n) is 6.20. The van der Waals surface area contributed by atoms with Crippen LogP contribution in [0.2, 0.25) is 0 Å². The van der Waals surface area contributed by atoms with Crippen molar-refractivity contribution in [2.75, 3.05) is 0 Å². The van der Waals surface area contributed by atoms with Gasteiger partial charge in [-0.2, -0.15) is 0 Å². The van der Waals surface area contributed by atoms with Crippen molar-refractivity contribution in [1.82, 2.24) is 9.97 Å². The average Bonchev–Trinajstić information content (AvgIpc) is 2.41. The van der Waals surface area contributed by atoms with Crippen LogP contribution in [0.3, 0.4) is 0 Å². The number of benzene rings is 1. The SMILES string of the molecule is C=Cc1ccc2nc(C)c(C)nc2c1C=C.CC. The summed E-state index contributed by atoms with van der Waals surface area (Å²) in [5, 5.41) is 0. The summed E-state index contributed by atoms with van der Waals surface area (Å²) in [6.45, 7) is 15.6. The Bertz CT molecular complexity index is 583. The van der Waals surface area contributed by atoms with E-state index in [9.17, 15) is 0 Å². The minimum Gasteiger partial charge on any atom is -0.250 e. The van der Waals surface area contributed by atoms with Crippen molar-refractivity contribution in [3.8, 4) is 0 Å². The molecule has 0 unspecified atom stereocenters. The van der Waals surface area contributed by atoms with Crippen molar-refractivity contribution in [2.45, 2.75) is 27.7 Å². The third kappa shape index (κ3) is 2.48. The van der Waals surface area contributed by atoms with Crippen molar-refractivity contribution >= 4 is 23.2 Å². The van der Waals surface area contributed by atoms with E-state index in [0.29, 0.717) is 0 Å². The molecule has 0 amide bonds. The van der Waals surface area contributed by atoms with E-state index in [1.54, 1.807) is 0 Å². The van der Waals surface area contributed by atoms with Gasteiger partial charge in [-0.15, -0.1) is 0 Å². The van der Waals surface area contributed by atoms with Gasteiger partial charge in [-0.25, -0.2) is 9.97 Å². The van der Waals surface area contributed by atoms with Gasteiger partial charge in [0.1, 0.15) is 0 Å². The monoisotopic (exact) mass is 240 g/mol. The quantitative estimate of drug-likeness (QED) is 0.769. The van der Waals surface area contributed by atoms with E-state index in [4.69, 9.17) is 0 Å². The van der Waals surface area contributed by atoms with Gasteiger partial charge in [0.25, 0.3) is 0 Å². The maximum Gasteiger partial charge on any atom is 0.0968 e. The molecular weight excluding hydrogens is 220 g/mol. The molecule has 0 aliphatic rings. The van der Waals surface area contributed by atoms with Gasteiger partial charge in [-0.1, -0.05) is 45.2 Å². The molecule has 0 aliphatic carbocycles. The number of rotatable bonds is 2. The van der Waals surface area contributed by atoms with Gasteiger partial charge in [0.15, 0.2) is 0 Å². The van der Waals surface area contributed by atoms with Crippen molar-refractivity contribution in [1.29, 1.82) is 0 Å². The lowest BCUT2D eigenvalue weighted by atomic mass is 10.0. The normalized spacial score (nSPS) is 9.56. The number of hydrogen-bond acceptors (Lipinski definition) is 2. The first-order chi connectivity index (χ1) is 8.67. The van der Waals surface area contributed by atoms with Gasteiger partial charge >= 0.3 is 0 Å². The maximum absolute atomic E-state index is 4.57. The molecule has 1 heterocycles. The molecule has 0 atom stereocenters. The second kappa shape index (κ2) is 6.10. The van der Waals surface area contributed by atoms with Crippen LogP contribution in [0.1, 0.15) is 36.4 Å². The van der Waals surface area contributed by atoms with Gasteiger partial charge in [0, 0.05) is 5.56 Å². The van der Waals surface area contributed by atoms with E-state index in [2.05, 4.69) is 23.1 Å². The zero-order valence-electron chi connectivity index (χ0n) is 11.6. The van der Waals surface area contributed by atoms with E-state index >= 15 is 0 Å². The zero-order valence-corrected chi connectivity index (χ0v) is 11.6. The maximum atomic E-state index is 4.57. The Balaban J connectivity index is 0.000000771. The lowest BCUT2D eigenvalue weighted by molar-refractivity contribution is 1.10. The lowest BCUT2D eigenvalue weighted by Crippen LogP contribution is -1.96. The molecule has 0 saturated heterocycles. The largest absolute Gasteiger partial charge is 0.250 e. The van der Waals surface area contributed by atoms with Gasteiger partial charge in [-0.3, -0.25) is 0 Å². The fourth-order valence-electron chi connectivity index (χ4n) is 1.72. The van der Waals surface area contributed by atoms with Crippen LogP contribution in [0, 0.1) is 13.8 Å². The van der Waals surface area contributed by atoms with Crippen LogP contribution >= 0.6 is 0 Å². The van der Waals surface area contributed by atoms with Gasteiger partial charge in [0.2, 0.25) is 0 Å². The second-order valence-corrected chi connectivity index (χ2v) is 3.74. The summed E-state index contributed by atoms with van der Waals surface area (Å²) in [5.74, 6) is 0. The highest BCUT2D eigenvalue weighted by Gasteiger charge is 2.07. The summed E-state index contributed by atoms with van der Waals surface area (Å²) in [6.07, 6.45) is 3.62. The van der Waals surface area contributed by atoms with Crippen molar-refractivity contribution < 1.29 is 0 Å². The molecule has 94 valence electrons.